The fourth-order valence-corrected chi connectivity index (χ4v) is 3.08. The lowest BCUT2D eigenvalue weighted by Crippen LogP contribution is -2.08. The second-order valence-electron chi connectivity index (χ2n) is 5.30. The Bertz CT molecular complexity index is 630. The lowest BCUT2D eigenvalue weighted by atomic mass is 10.0. The summed E-state index contributed by atoms with van der Waals surface area (Å²) in [6.07, 6.45) is 3.93. The third kappa shape index (κ3) is 3.10. The molecular formula is C17H17BrO2. The summed E-state index contributed by atoms with van der Waals surface area (Å²) < 4.78 is 6.62. The maximum atomic E-state index is 12.2. The molecule has 0 radical (unpaired) electrons. The van der Waals surface area contributed by atoms with Crippen molar-refractivity contribution in [2.45, 2.75) is 31.8 Å². The fourth-order valence-electron chi connectivity index (χ4n) is 2.70. The van der Waals surface area contributed by atoms with Gasteiger partial charge in [0.1, 0.15) is 0 Å². The number of halogens is 1. The van der Waals surface area contributed by atoms with Gasteiger partial charge in [-0.05, 0) is 48.2 Å². The maximum Gasteiger partial charge on any atom is 0.162 e. The van der Waals surface area contributed by atoms with E-state index in [1.165, 1.54) is 0 Å². The third-order valence-corrected chi connectivity index (χ3v) is 4.33. The standard InChI is InChI=1S/C17H17BrO2/c18-15-6-5-12-10-14(4-3-13(12)11-15)17(19)8-7-16-2-1-9-20-16/h3-6,10-11,16H,1-2,7-9H2. The molecule has 20 heavy (non-hydrogen) atoms. The summed E-state index contributed by atoms with van der Waals surface area (Å²) in [6.45, 7) is 0.851. The Morgan fingerprint density at radius 1 is 1.20 bits per heavy atom. The molecule has 0 bridgehead atoms. The van der Waals surface area contributed by atoms with E-state index in [0.29, 0.717) is 6.42 Å². The van der Waals surface area contributed by atoms with Crippen molar-refractivity contribution >= 4 is 32.5 Å². The molecule has 1 fully saturated rings. The maximum absolute atomic E-state index is 12.2. The average molecular weight is 333 g/mol. The second-order valence-corrected chi connectivity index (χ2v) is 6.22. The van der Waals surface area contributed by atoms with Crippen molar-refractivity contribution in [3.05, 3.63) is 46.4 Å². The Balaban J connectivity index is 1.72. The summed E-state index contributed by atoms with van der Waals surface area (Å²) in [5, 5.41) is 2.26. The average Bonchev–Trinajstić information content (AvgIpc) is 2.97. The molecule has 0 spiro atoms. The fraction of sp³-hybridized carbons (Fsp3) is 0.353. The Morgan fingerprint density at radius 2 is 2.00 bits per heavy atom. The molecule has 1 saturated heterocycles. The number of carbonyl (C=O) groups excluding carboxylic acids is 1. The quantitative estimate of drug-likeness (QED) is 0.755. The Labute approximate surface area is 127 Å². The summed E-state index contributed by atoms with van der Waals surface area (Å²) in [7, 11) is 0. The van der Waals surface area contributed by atoms with Crippen LogP contribution < -0.4 is 0 Å². The lowest BCUT2D eigenvalue weighted by molar-refractivity contribution is 0.0859. The van der Waals surface area contributed by atoms with Crippen molar-refractivity contribution in [1.82, 2.24) is 0 Å². The van der Waals surface area contributed by atoms with Gasteiger partial charge in [0.05, 0.1) is 6.10 Å². The van der Waals surface area contributed by atoms with Crippen LogP contribution in [-0.2, 0) is 4.74 Å². The molecule has 2 nitrogen and oxygen atoms in total. The van der Waals surface area contributed by atoms with Crippen LogP contribution in [-0.4, -0.2) is 18.5 Å². The zero-order valence-electron chi connectivity index (χ0n) is 11.3. The number of benzene rings is 2. The van der Waals surface area contributed by atoms with E-state index in [9.17, 15) is 4.79 Å². The van der Waals surface area contributed by atoms with Gasteiger partial charge in [-0.2, -0.15) is 0 Å². The van der Waals surface area contributed by atoms with Gasteiger partial charge in [0.15, 0.2) is 5.78 Å². The summed E-state index contributed by atoms with van der Waals surface area (Å²) >= 11 is 3.46. The van der Waals surface area contributed by atoms with Crippen LogP contribution in [0, 0.1) is 0 Å². The van der Waals surface area contributed by atoms with Crippen molar-refractivity contribution in [1.29, 1.82) is 0 Å². The number of hydrogen-bond acceptors (Lipinski definition) is 2. The van der Waals surface area contributed by atoms with E-state index in [-0.39, 0.29) is 11.9 Å². The van der Waals surface area contributed by atoms with Crippen molar-refractivity contribution in [2.75, 3.05) is 6.61 Å². The highest BCUT2D eigenvalue weighted by atomic mass is 79.9. The minimum Gasteiger partial charge on any atom is -0.378 e. The molecule has 1 aliphatic rings. The highest BCUT2D eigenvalue weighted by Crippen LogP contribution is 2.23. The van der Waals surface area contributed by atoms with Crippen molar-refractivity contribution in [3.8, 4) is 0 Å². The SMILES string of the molecule is O=C(CCC1CCCO1)c1ccc2cc(Br)ccc2c1. The molecule has 0 aromatic heterocycles. The first-order chi connectivity index (χ1) is 9.72. The molecule has 2 aromatic rings. The minimum atomic E-state index is 0.213. The number of rotatable bonds is 4. The van der Waals surface area contributed by atoms with E-state index >= 15 is 0 Å². The van der Waals surface area contributed by atoms with Crippen LogP contribution in [0.25, 0.3) is 10.8 Å². The van der Waals surface area contributed by atoms with Gasteiger partial charge < -0.3 is 4.74 Å². The van der Waals surface area contributed by atoms with Gasteiger partial charge in [0.2, 0.25) is 0 Å². The molecule has 3 rings (SSSR count). The van der Waals surface area contributed by atoms with E-state index < -0.39 is 0 Å². The van der Waals surface area contributed by atoms with Crippen LogP contribution in [0.2, 0.25) is 0 Å². The van der Waals surface area contributed by atoms with Gasteiger partial charge in [-0.1, -0.05) is 34.1 Å². The molecule has 3 heteroatoms. The van der Waals surface area contributed by atoms with Gasteiger partial charge in [-0.15, -0.1) is 0 Å². The third-order valence-electron chi connectivity index (χ3n) is 3.84. The van der Waals surface area contributed by atoms with E-state index in [1.807, 2.05) is 30.3 Å². The summed E-state index contributed by atoms with van der Waals surface area (Å²) in [4.78, 5) is 12.2. The van der Waals surface area contributed by atoms with E-state index in [1.54, 1.807) is 0 Å². The van der Waals surface area contributed by atoms with Crippen molar-refractivity contribution in [3.63, 3.8) is 0 Å². The first-order valence-corrected chi connectivity index (χ1v) is 7.86. The first kappa shape index (κ1) is 13.8. The van der Waals surface area contributed by atoms with E-state index in [0.717, 1.165) is 46.7 Å². The number of Topliss-reactive ketones (excluding diaryl/α,β-unsaturated/α-hetero) is 1. The van der Waals surface area contributed by atoms with Crippen LogP contribution in [0.4, 0.5) is 0 Å². The Hall–Kier alpha value is -1.19. The van der Waals surface area contributed by atoms with Crippen molar-refractivity contribution < 1.29 is 9.53 Å². The number of hydrogen-bond donors (Lipinski definition) is 0. The molecule has 0 aliphatic carbocycles. The first-order valence-electron chi connectivity index (χ1n) is 7.06. The monoisotopic (exact) mass is 332 g/mol. The molecule has 0 N–H and O–H groups in total. The molecular weight excluding hydrogens is 316 g/mol. The van der Waals surface area contributed by atoms with Gasteiger partial charge in [-0.25, -0.2) is 0 Å². The highest BCUT2D eigenvalue weighted by molar-refractivity contribution is 9.10. The van der Waals surface area contributed by atoms with Crippen LogP contribution in [0.15, 0.2) is 40.9 Å². The summed E-state index contributed by atoms with van der Waals surface area (Å²) in [5.41, 5.74) is 0.804. The van der Waals surface area contributed by atoms with Crippen LogP contribution in [0.1, 0.15) is 36.0 Å². The predicted octanol–water partition coefficient (Wildman–Crippen LogP) is 4.74. The van der Waals surface area contributed by atoms with Gasteiger partial charge in [0, 0.05) is 23.1 Å². The lowest BCUT2D eigenvalue weighted by Gasteiger charge is -2.08. The van der Waals surface area contributed by atoms with Gasteiger partial charge in [-0.3, -0.25) is 4.79 Å². The van der Waals surface area contributed by atoms with Crippen LogP contribution in [0.3, 0.4) is 0 Å². The van der Waals surface area contributed by atoms with Gasteiger partial charge >= 0.3 is 0 Å². The Kier molecular flexibility index (Phi) is 4.18. The number of fused-ring (bicyclic) bond motifs is 1. The topological polar surface area (TPSA) is 26.3 Å². The molecule has 1 unspecified atom stereocenters. The molecule has 1 aliphatic heterocycles. The highest BCUT2D eigenvalue weighted by Gasteiger charge is 2.17. The second kappa shape index (κ2) is 6.06. The number of ether oxygens (including phenoxy) is 1. The number of ketones is 1. The van der Waals surface area contributed by atoms with Crippen LogP contribution >= 0.6 is 15.9 Å². The zero-order valence-corrected chi connectivity index (χ0v) is 12.9. The summed E-state index contributed by atoms with van der Waals surface area (Å²) in [6, 6.07) is 12.0. The van der Waals surface area contributed by atoms with Crippen molar-refractivity contribution in [2.24, 2.45) is 0 Å². The predicted molar refractivity (Wildman–Crippen MR) is 84.2 cm³/mol. The van der Waals surface area contributed by atoms with Gasteiger partial charge in [0.25, 0.3) is 0 Å². The molecule has 0 saturated carbocycles. The number of carbonyl (C=O) groups is 1. The largest absolute Gasteiger partial charge is 0.378 e. The zero-order chi connectivity index (χ0) is 13.9. The molecule has 1 atom stereocenters. The molecule has 2 aromatic carbocycles. The van der Waals surface area contributed by atoms with E-state index in [2.05, 4.69) is 22.0 Å². The molecule has 0 amide bonds. The normalized spacial score (nSPS) is 18.6. The van der Waals surface area contributed by atoms with E-state index in [4.69, 9.17) is 4.74 Å². The minimum absolute atomic E-state index is 0.213. The molecule has 104 valence electrons. The Morgan fingerprint density at radius 3 is 2.80 bits per heavy atom. The summed E-state index contributed by atoms with van der Waals surface area (Å²) in [5.74, 6) is 0.213. The smallest absolute Gasteiger partial charge is 0.162 e. The van der Waals surface area contributed by atoms with Crippen LogP contribution in [0.5, 0.6) is 0 Å². The molecule has 1 heterocycles.